The number of imidazole rings is 1. The van der Waals surface area contributed by atoms with E-state index in [2.05, 4.69) is 4.98 Å². The lowest BCUT2D eigenvalue weighted by Gasteiger charge is -2.31. The van der Waals surface area contributed by atoms with Crippen LogP contribution in [0.1, 0.15) is 31.5 Å². The van der Waals surface area contributed by atoms with Gasteiger partial charge in [-0.2, -0.15) is 4.68 Å². The van der Waals surface area contributed by atoms with Gasteiger partial charge in [-0.25, -0.2) is 9.78 Å². The maximum absolute atomic E-state index is 13.2. The summed E-state index contributed by atoms with van der Waals surface area (Å²) in [5.41, 5.74) is -0.351. The van der Waals surface area contributed by atoms with E-state index in [0.29, 0.717) is 37.3 Å². The zero-order valence-corrected chi connectivity index (χ0v) is 16.3. The Kier molecular flexibility index (Phi) is 4.35. The summed E-state index contributed by atoms with van der Waals surface area (Å²) in [5.74, 6) is 0.461. The molecule has 0 radical (unpaired) electrons. The van der Waals surface area contributed by atoms with Crippen molar-refractivity contribution in [3.8, 4) is 0 Å². The fourth-order valence-corrected chi connectivity index (χ4v) is 4.33. The van der Waals surface area contributed by atoms with E-state index in [-0.39, 0.29) is 11.6 Å². The molecule has 10 heteroatoms. The lowest BCUT2D eigenvalue weighted by Crippen LogP contribution is -2.56. The molecular weight excluding hydrogens is 364 g/mol. The number of rotatable bonds is 3. The third-order valence-electron chi connectivity index (χ3n) is 5.98. The Balaban J connectivity index is 1.84. The van der Waals surface area contributed by atoms with Gasteiger partial charge in [-0.1, -0.05) is 0 Å². The number of nitrogens with zero attached hydrogens (tertiary/aromatic N) is 6. The summed E-state index contributed by atoms with van der Waals surface area (Å²) in [6.45, 7) is 2.81. The van der Waals surface area contributed by atoms with Gasteiger partial charge in [0.05, 0.1) is 6.04 Å². The summed E-state index contributed by atoms with van der Waals surface area (Å²) in [4.78, 5) is 56.1. The molecule has 1 amide bonds. The molecule has 150 valence electrons. The van der Waals surface area contributed by atoms with Crippen molar-refractivity contribution in [2.75, 3.05) is 18.1 Å². The van der Waals surface area contributed by atoms with Crippen LogP contribution in [0.25, 0.3) is 11.2 Å². The smallest absolute Gasteiger partial charge is 0.331 e. The maximum Gasteiger partial charge on any atom is 0.351 e. The fourth-order valence-electron chi connectivity index (χ4n) is 4.33. The van der Waals surface area contributed by atoms with Gasteiger partial charge in [-0.15, -0.1) is 0 Å². The van der Waals surface area contributed by atoms with E-state index < -0.39 is 23.3 Å². The van der Waals surface area contributed by atoms with Crippen LogP contribution in [0.5, 0.6) is 0 Å². The van der Waals surface area contributed by atoms with Crippen LogP contribution in [-0.2, 0) is 23.7 Å². The third kappa shape index (κ3) is 2.50. The van der Waals surface area contributed by atoms with Crippen molar-refractivity contribution in [1.82, 2.24) is 23.7 Å². The first-order valence-corrected chi connectivity index (χ1v) is 9.54. The van der Waals surface area contributed by atoms with Crippen LogP contribution in [0.3, 0.4) is 0 Å². The van der Waals surface area contributed by atoms with E-state index in [0.717, 1.165) is 23.7 Å². The van der Waals surface area contributed by atoms with Gasteiger partial charge in [0.2, 0.25) is 5.91 Å². The van der Waals surface area contributed by atoms with Crippen LogP contribution in [0, 0.1) is 6.92 Å². The van der Waals surface area contributed by atoms with Crippen molar-refractivity contribution in [3.05, 3.63) is 26.7 Å². The van der Waals surface area contributed by atoms with Crippen LogP contribution in [0.4, 0.5) is 0 Å². The molecule has 2 aliphatic rings. The maximum atomic E-state index is 13.2. The first-order valence-electron chi connectivity index (χ1n) is 9.54. The van der Waals surface area contributed by atoms with E-state index in [4.69, 9.17) is 0 Å². The first-order chi connectivity index (χ1) is 13.4. The van der Waals surface area contributed by atoms with Crippen molar-refractivity contribution >= 4 is 23.4 Å². The number of hydrogen-bond acceptors (Lipinski definition) is 6. The Labute approximate surface area is 160 Å². The van der Waals surface area contributed by atoms with Crippen LogP contribution < -0.4 is 16.3 Å². The zero-order valence-electron chi connectivity index (χ0n) is 16.3. The van der Waals surface area contributed by atoms with Gasteiger partial charge in [0.1, 0.15) is 18.2 Å². The zero-order chi connectivity index (χ0) is 20.2. The van der Waals surface area contributed by atoms with Crippen LogP contribution in [0.2, 0.25) is 0 Å². The summed E-state index contributed by atoms with van der Waals surface area (Å²) in [6.07, 6.45) is 3.61. The molecule has 0 bridgehead atoms. The highest BCUT2D eigenvalue weighted by Crippen LogP contribution is 2.24. The number of aldehydes is 1. The summed E-state index contributed by atoms with van der Waals surface area (Å²) >= 11 is 0. The van der Waals surface area contributed by atoms with Gasteiger partial charge in [0.15, 0.2) is 11.2 Å². The van der Waals surface area contributed by atoms with Gasteiger partial charge < -0.3 is 14.3 Å². The monoisotopic (exact) mass is 388 g/mol. The molecule has 2 atom stereocenters. The minimum atomic E-state index is -0.554. The highest BCUT2D eigenvalue weighted by Gasteiger charge is 2.39. The number of aryl methyl sites for hydroxylation is 2. The standard InChI is InChI=1S/C18H24N6O4/c1-11-19-15-14(20(11)2)17(27)21(3)18(28)24(15)23-9-5-7-13(23)16(26)22-8-4-6-12(22)10-25/h10,12-13H,4-9H2,1-3H3/t12-,13+/m1/s1. The number of hydrogen-bond donors (Lipinski definition) is 0. The summed E-state index contributed by atoms with van der Waals surface area (Å²) in [7, 11) is 3.16. The number of amides is 1. The van der Waals surface area contributed by atoms with Crippen LogP contribution >= 0.6 is 0 Å². The third-order valence-corrected chi connectivity index (χ3v) is 5.98. The summed E-state index contributed by atoms with van der Waals surface area (Å²) < 4.78 is 4.07. The Morgan fingerprint density at radius 1 is 1.11 bits per heavy atom. The molecule has 0 aliphatic carbocycles. The van der Waals surface area contributed by atoms with E-state index in [1.54, 1.807) is 28.4 Å². The largest absolute Gasteiger partial charge is 0.351 e. The first kappa shape index (κ1) is 18.5. The van der Waals surface area contributed by atoms with Gasteiger partial charge in [-0.3, -0.25) is 19.2 Å². The molecule has 0 unspecified atom stereocenters. The Morgan fingerprint density at radius 3 is 2.54 bits per heavy atom. The van der Waals surface area contributed by atoms with E-state index in [9.17, 15) is 19.2 Å². The van der Waals surface area contributed by atoms with Gasteiger partial charge in [-0.05, 0) is 32.6 Å². The molecule has 10 nitrogen and oxygen atoms in total. The average molecular weight is 388 g/mol. The highest BCUT2D eigenvalue weighted by atomic mass is 16.2. The van der Waals surface area contributed by atoms with Crippen molar-refractivity contribution in [2.24, 2.45) is 14.1 Å². The average Bonchev–Trinajstić information content (AvgIpc) is 3.40. The molecule has 0 spiro atoms. The molecule has 2 fully saturated rings. The van der Waals surface area contributed by atoms with E-state index in [1.165, 1.54) is 11.7 Å². The van der Waals surface area contributed by atoms with Gasteiger partial charge >= 0.3 is 5.69 Å². The summed E-state index contributed by atoms with van der Waals surface area (Å²) in [6, 6.07) is -0.954. The van der Waals surface area contributed by atoms with Crippen LogP contribution in [0.15, 0.2) is 9.59 Å². The predicted molar refractivity (Wildman–Crippen MR) is 102 cm³/mol. The SMILES string of the molecule is Cc1nc2c(c(=O)n(C)c(=O)n2N2CCC[C@H]2C(=O)N2CCC[C@@H]2C=O)n1C. The number of fused-ring (bicyclic) bond motifs is 1. The van der Waals surface area contributed by atoms with Gasteiger partial charge in [0.25, 0.3) is 5.56 Å². The van der Waals surface area contributed by atoms with E-state index >= 15 is 0 Å². The molecule has 2 aromatic rings. The van der Waals surface area contributed by atoms with Gasteiger partial charge in [0, 0.05) is 27.2 Å². The van der Waals surface area contributed by atoms with E-state index in [1.807, 2.05) is 0 Å². The molecule has 0 N–H and O–H groups in total. The van der Waals surface area contributed by atoms with Crippen LogP contribution in [-0.4, -0.2) is 61.1 Å². The number of aromatic nitrogens is 4. The molecule has 0 saturated carbocycles. The van der Waals surface area contributed by atoms with Crippen molar-refractivity contribution in [1.29, 1.82) is 0 Å². The lowest BCUT2D eigenvalue weighted by atomic mass is 10.2. The van der Waals surface area contributed by atoms with Crippen molar-refractivity contribution in [3.63, 3.8) is 0 Å². The number of carbonyl (C=O) groups excluding carboxylic acids is 2. The molecule has 28 heavy (non-hydrogen) atoms. The predicted octanol–water partition coefficient (Wildman–Crippen LogP) is -0.968. The van der Waals surface area contributed by atoms with Crippen molar-refractivity contribution in [2.45, 2.75) is 44.7 Å². The Hall–Kier alpha value is -2.91. The number of likely N-dealkylation sites (tertiary alicyclic amines) is 1. The second-order valence-corrected chi connectivity index (χ2v) is 7.55. The highest BCUT2D eigenvalue weighted by molar-refractivity contribution is 5.87. The molecule has 2 aliphatic heterocycles. The Bertz CT molecular complexity index is 1080. The second kappa shape index (κ2) is 6.61. The Morgan fingerprint density at radius 2 is 1.82 bits per heavy atom. The fraction of sp³-hybridized carbons (Fsp3) is 0.611. The second-order valence-electron chi connectivity index (χ2n) is 7.55. The molecule has 4 rings (SSSR count). The molecule has 4 heterocycles. The minimum Gasteiger partial charge on any atom is -0.331 e. The molecule has 2 saturated heterocycles. The number of carbonyl (C=O) groups is 2. The normalized spacial score (nSPS) is 22.4. The molecular formula is C18H24N6O4. The molecule has 2 aromatic heterocycles. The minimum absolute atomic E-state index is 0.145. The lowest BCUT2D eigenvalue weighted by molar-refractivity contribution is -0.135. The quantitative estimate of drug-likeness (QED) is 0.627. The van der Waals surface area contributed by atoms with Crippen molar-refractivity contribution < 1.29 is 9.59 Å². The summed E-state index contributed by atoms with van der Waals surface area (Å²) in [5, 5.41) is 1.71. The molecule has 0 aromatic carbocycles. The topological polar surface area (TPSA) is 102 Å².